The summed E-state index contributed by atoms with van der Waals surface area (Å²) in [5, 5.41) is 8.09. The zero-order chi connectivity index (χ0) is 21.9. The normalized spacial score (nSPS) is 26.0. The van der Waals surface area contributed by atoms with Gasteiger partial charge in [-0.25, -0.2) is 4.68 Å². The molecular formula is C25H33ClN4O2. The summed E-state index contributed by atoms with van der Waals surface area (Å²) in [6.45, 7) is 2.37. The fourth-order valence-electron chi connectivity index (χ4n) is 5.30. The molecule has 0 bridgehead atoms. The Bertz CT molecular complexity index is 948. The van der Waals surface area contributed by atoms with E-state index in [2.05, 4.69) is 45.6 Å². The maximum atomic E-state index is 13.0. The number of aromatic nitrogens is 2. The van der Waals surface area contributed by atoms with Crippen molar-refractivity contribution in [3.63, 3.8) is 0 Å². The van der Waals surface area contributed by atoms with Crippen LogP contribution in [0, 0.1) is 5.92 Å². The quantitative estimate of drug-likeness (QED) is 0.642. The maximum Gasteiger partial charge on any atom is 0.287 e. The molecule has 1 aromatic carbocycles. The highest BCUT2D eigenvalue weighted by molar-refractivity contribution is 6.32. The smallest absolute Gasteiger partial charge is 0.287 e. The number of hydrogen-bond acceptors (Lipinski definition) is 5. The Hall–Kier alpha value is -2.05. The first kappa shape index (κ1) is 21.8. The minimum Gasteiger partial charge on any atom is -0.382 e. The highest BCUT2D eigenvalue weighted by Gasteiger charge is 2.36. The minimum absolute atomic E-state index is 0.119. The molecule has 2 heterocycles. The molecule has 1 aromatic heterocycles. The van der Waals surface area contributed by atoms with Crippen molar-refractivity contribution in [1.29, 1.82) is 0 Å². The lowest BCUT2D eigenvalue weighted by atomic mass is 9.89. The van der Waals surface area contributed by atoms with Crippen molar-refractivity contribution in [2.45, 2.75) is 69.5 Å². The number of nitrogens with zero attached hydrogens (tertiary/aromatic N) is 3. The molecule has 5 rings (SSSR count). The molecule has 0 unspecified atom stereocenters. The molecule has 6 nitrogen and oxygen atoms in total. The van der Waals surface area contributed by atoms with Crippen molar-refractivity contribution in [1.82, 2.24) is 9.78 Å². The van der Waals surface area contributed by atoms with Crippen molar-refractivity contribution in [3.05, 3.63) is 51.9 Å². The molecule has 3 fully saturated rings. The van der Waals surface area contributed by atoms with E-state index in [1.54, 1.807) is 10.9 Å². The average Bonchev–Trinajstić information content (AvgIpc) is 3.67. The largest absolute Gasteiger partial charge is 0.382 e. The van der Waals surface area contributed by atoms with Gasteiger partial charge in [0.05, 0.1) is 24.5 Å². The van der Waals surface area contributed by atoms with Crippen LogP contribution >= 0.6 is 11.6 Å². The lowest BCUT2D eigenvalue weighted by molar-refractivity contribution is 0.0595. The molecule has 7 heteroatoms. The summed E-state index contributed by atoms with van der Waals surface area (Å²) in [6.07, 6.45) is 10.6. The van der Waals surface area contributed by atoms with Gasteiger partial charge in [0, 0.05) is 30.9 Å². The summed E-state index contributed by atoms with van der Waals surface area (Å²) in [6, 6.07) is 12.1. The number of benzene rings is 1. The zero-order valence-electron chi connectivity index (χ0n) is 18.6. The van der Waals surface area contributed by atoms with Gasteiger partial charge in [-0.1, -0.05) is 29.8 Å². The van der Waals surface area contributed by atoms with Crippen LogP contribution in [0.15, 0.2) is 41.3 Å². The van der Waals surface area contributed by atoms with Crippen LogP contribution < -0.4 is 15.8 Å². The third-order valence-corrected chi connectivity index (χ3v) is 7.54. The van der Waals surface area contributed by atoms with Crippen molar-refractivity contribution in [2.24, 2.45) is 5.92 Å². The van der Waals surface area contributed by atoms with Gasteiger partial charge < -0.3 is 15.0 Å². The number of ether oxygens (including phenoxy) is 1. The Morgan fingerprint density at radius 2 is 1.78 bits per heavy atom. The molecule has 0 radical (unpaired) electrons. The highest BCUT2D eigenvalue weighted by Crippen LogP contribution is 2.39. The lowest BCUT2D eigenvalue weighted by Crippen LogP contribution is -2.41. The van der Waals surface area contributed by atoms with Crippen LogP contribution in [0.25, 0.3) is 0 Å². The number of para-hydroxylation sites is 1. The van der Waals surface area contributed by atoms with Gasteiger partial charge in [0.1, 0.15) is 5.02 Å². The predicted octanol–water partition coefficient (Wildman–Crippen LogP) is 4.89. The second-order valence-corrected chi connectivity index (χ2v) is 9.90. The molecule has 0 amide bonds. The van der Waals surface area contributed by atoms with E-state index >= 15 is 0 Å². The molecule has 32 heavy (non-hydrogen) atoms. The van der Waals surface area contributed by atoms with E-state index in [1.165, 1.54) is 18.5 Å². The summed E-state index contributed by atoms with van der Waals surface area (Å²) in [7, 11) is 0. The van der Waals surface area contributed by atoms with Gasteiger partial charge in [-0.2, -0.15) is 5.10 Å². The van der Waals surface area contributed by atoms with E-state index in [-0.39, 0.29) is 16.6 Å². The van der Waals surface area contributed by atoms with Gasteiger partial charge in [0.2, 0.25) is 0 Å². The first-order valence-corrected chi connectivity index (χ1v) is 12.5. The van der Waals surface area contributed by atoms with Gasteiger partial charge in [-0.3, -0.25) is 4.79 Å². The Kier molecular flexibility index (Phi) is 6.69. The third kappa shape index (κ3) is 4.81. The van der Waals surface area contributed by atoms with E-state index in [0.717, 1.165) is 58.3 Å². The number of halogens is 1. The number of nitrogens with one attached hydrogen (secondary N) is 1. The van der Waals surface area contributed by atoms with E-state index in [0.29, 0.717) is 23.7 Å². The first-order chi connectivity index (χ1) is 15.7. The van der Waals surface area contributed by atoms with E-state index < -0.39 is 0 Å². The molecule has 172 valence electrons. The molecule has 3 aliphatic rings. The van der Waals surface area contributed by atoms with Crippen LogP contribution in [0.4, 0.5) is 11.4 Å². The summed E-state index contributed by atoms with van der Waals surface area (Å²) in [5.41, 5.74) is 1.79. The summed E-state index contributed by atoms with van der Waals surface area (Å²) in [5.74, 6) is 0.455. The molecule has 0 spiro atoms. The van der Waals surface area contributed by atoms with Crippen LogP contribution in [0.1, 0.15) is 57.4 Å². The van der Waals surface area contributed by atoms with E-state index in [1.807, 2.05) is 0 Å². The SMILES string of the molecule is O=c1c(Cl)c(NC[C@H]2CCCOC2)cnn1[C@H]1CC[C@H](N(c2ccccc2)C2CC2)CC1. The first-order valence-electron chi connectivity index (χ1n) is 12.1. The second kappa shape index (κ2) is 9.84. The Morgan fingerprint density at radius 1 is 1.06 bits per heavy atom. The Morgan fingerprint density at radius 3 is 2.44 bits per heavy atom. The van der Waals surface area contributed by atoms with Crippen LogP contribution in [0.2, 0.25) is 5.02 Å². The molecule has 1 saturated heterocycles. The van der Waals surface area contributed by atoms with Crippen LogP contribution in [-0.4, -0.2) is 41.6 Å². The lowest BCUT2D eigenvalue weighted by Gasteiger charge is -2.39. The standard InChI is InChI=1S/C25H33ClN4O2/c26-24-23(27-15-18-5-4-14-32-17-18)16-28-30(25(24)31)22-12-10-21(11-13-22)29(20-8-9-20)19-6-2-1-3-7-19/h1-3,6-7,16,18,20-22,27H,4-5,8-15,17H2/t18-,21-,22-/m1/s1. The fraction of sp³-hybridized carbons (Fsp3) is 0.600. The molecule has 2 saturated carbocycles. The highest BCUT2D eigenvalue weighted by atomic mass is 35.5. The Labute approximate surface area is 194 Å². The molecular weight excluding hydrogens is 424 g/mol. The number of hydrogen-bond donors (Lipinski definition) is 1. The van der Waals surface area contributed by atoms with Crippen molar-refractivity contribution in [3.8, 4) is 0 Å². The van der Waals surface area contributed by atoms with Crippen molar-refractivity contribution < 1.29 is 4.74 Å². The number of anilines is 2. The van der Waals surface area contributed by atoms with E-state index in [4.69, 9.17) is 16.3 Å². The van der Waals surface area contributed by atoms with Gasteiger partial charge >= 0.3 is 0 Å². The topological polar surface area (TPSA) is 59.4 Å². The third-order valence-electron chi connectivity index (χ3n) is 7.18. The minimum atomic E-state index is -0.179. The second-order valence-electron chi connectivity index (χ2n) is 9.52. The monoisotopic (exact) mass is 456 g/mol. The van der Waals surface area contributed by atoms with Gasteiger partial charge in [0.15, 0.2) is 0 Å². The Balaban J connectivity index is 1.22. The maximum absolute atomic E-state index is 13.0. The van der Waals surface area contributed by atoms with Gasteiger partial charge in [-0.15, -0.1) is 0 Å². The van der Waals surface area contributed by atoms with Crippen LogP contribution in [-0.2, 0) is 4.74 Å². The van der Waals surface area contributed by atoms with Gasteiger partial charge in [0.25, 0.3) is 5.56 Å². The zero-order valence-corrected chi connectivity index (χ0v) is 19.3. The molecule has 2 aliphatic carbocycles. The number of rotatable bonds is 7. The van der Waals surface area contributed by atoms with Crippen molar-refractivity contribution in [2.75, 3.05) is 30.0 Å². The molecule has 1 aliphatic heterocycles. The van der Waals surface area contributed by atoms with Crippen LogP contribution in [0.5, 0.6) is 0 Å². The van der Waals surface area contributed by atoms with E-state index in [9.17, 15) is 4.79 Å². The molecule has 2 aromatic rings. The summed E-state index contributed by atoms with van der Waals surface area (Å²) < 4.78 is 7.16. The fourth-order valence-corrected chi connectivity index (χ4v) is 5.51. The van der Waals surface area contributed by atoms with Crippen molar-refractivity contribution >= 4 is 23.0 Å². The summed E-state index contributed by atoms with van der Waals surface area (Å²) >= 11 is 6.47. The van der Waals surface area contributed by atoms with Gasteiger partial charge in [-0.05, 0) is 69.4 Å². The molecule has 1 atom stereocenters. The van der Waals surface area contributed by atoms with Crippen LogP contribution in [0.3, 0.4) is 0 Å². The average molecular weight is 457 g/mol. The predicted molar refractivity (Wildman–Crippen MR) is 129 cm³/mol. The molecule has 1 N–H and O–H groups in total. The summed E-state index contributed by atoms with van der Waals surface area (Å²) in [4.78, 5) is 15.6.